The number of aromatic carboxylic acids is 1. The van der Waals surface area contributed by atoms with Gasteiger partial charge in [-0.15, -0.1) is 0 Å². The molecular formula is C12H14N2O4. The second-order valence-corrected chi connectivity index (χ2v) is 4.18. The molecule has 0 aliphatic carbocycles. The van der Waals surface area contributed by atoms with Crippen LogP contribution < -0.4 is 10.6 Å². The van der Waals surface area contributed by atoms with Gasteiger partial charge < -0.3 is 20.8 Å². The minimum absolute atomic E-state index is 0.186. The molecule has 1 fully saturated rings. The van der Waals surface area contributed by atoms with E-state index in [2.05, 4.69) is 10.6 Å². The molecule has 6 heteroatoms. The number of anilines is 1. The highest BCUT2D eigenvalue weighted by atomic mass is 16.4. The van der Waals surface area contributed by atoms with Crippen molar-refractivity contribution in [1.82, 2.24) is 5.32 Å². The molecule has 1 aromatic carbocycles. The van der Waals surface area contributed by atoms with Gasteiger partial charge in [-0.2, -0.15) is 0 Å². The molecular weight excluding hydrogens is 236 g/mol. The summed E-state index contributed by atoms with van der Waals surface area (Å²) in [5.41, 5.74) is 0.135. The Morgan fingerprint density at radius 3 is 2.78 bits per heavy atom. The van der Waals surface area contributed by atoms with Crippen LogP contribution >= 0.6 is 0 Å². The van der Waals surface area contributed by atoms with Gasteiger partial charge in [0.05, 0.1) is 6.04 Å². The summed E-state index contributed by atoms with van der Waals surface area (Å²) in [5.74, 6) is -1.74. The highest BCUT2D eigenvalue weighted by Gasteiger charge is 2.22. The van der Waals surface area contributed by atoms with Crippen LogP contribution in [0.3, 0.4) is 0 Å². The van der Waals surface area contributed by atoms with E-state index in [1.807, 2.05) is 0 Å². The molecule has 0 saturated carbocycles. The predicted octanol–water partition coefficient (Wildman–Crippen LogP) is 0.781. The fourth-order valence-corrected chi connectivity index (χ4v) is 1.92. The minimum Gasteiger partial charge on any atom is -0.507 e. The number of carboxylic acid groups (broad SMARTS) is 1. The molecule has 4 N–H and O–H groups in total. The van der Waals surface area contributed by atoms with Crippen LogP contribution in [0.25, 0.3) is 0 Å². The van der Waals surface area contributed by atoms with E-state index >= 15 is 0 Å². The normalized spacial score (nSPS) is 18.6. The minimum atomic E-state index is -1.23. The summed E-state index contributed by atoms with van der Waals surface area (Å²) in [7, 11) is 0. The number of amides is 1. The predicted molar refractivity (Wildman–Crippen MR) is 64.7 cm³/mol. The summed E-state index contributed by atoms with van der Waals surface area (Å²) >= 11 is 0. The molecule has 2 rings (SSSR count). The molecule has 1 atom stereocenters. The number of rotatable bonds is 3. The molecule has 1 aromatic rings. The second kappa shape index (κ2) is 5.05. The molecule has 1 heterocycles. The topological polar surface area (TPSA) is 98.7 Å². The number of hydrogen-bond donors (Lipinski definition) is 4. The van der Waals surface area contributed by atoms with E-state index < -0.39 is 5.97 Å². The van der Waals surface area contributed by atoms with Crippen LogP contribution in [0.15, 0.2) is 18.2 Å². The van der Waals surface area contributed by atoms with Crippen LogP contribution in [0.4, 0.5) is 5.69 Å². The maximum absolute atomic E-state index is 11.8. The molecule has 1 amide bonds. The van der Waals surface area contributed by atoms with E-state index in [4.69, 9.17) is 5.11 Å². The first-order chi connectivity index (χ1) is 8.58. The summed E-state index contributed by atoms with van der Waals surface area (Å²) in [6, 6.07) is 3.73. The molecule has 1 aliphatic heterocycles. The quantitative estimate of drug-likeness (QED) is 0.594. The first-order valence-electron chi connectivity index (χ1n) is 5.68. The van der Waals surface area contributed by atoms with Crippen LogP contribution in [-0.4, -0.2) is 34.7 Å². The van der Waals surface area contributed by atoms with Gasteiger partial charge in [-0.3, -0.25) is 4.79 Å². The lowest BCUT2D eigenvalue weighted by atomic mass is 10.1. The van der Waals surface area contributed by atoms with Crippen molar-refractivity contribution in [1.29, 1.82) is 0 Å². The summed E-state index contributed by atoms with van der Waals surface area (Å²) < 4.78 is 0. The standard InChI is InChI=1S/C12H14N2O4/c15-10-4-3-7(6-8(10)12(17)18)14-11(16)9-2-1-5-13-9/h3-4,6,9,13,15H,1-2,5H2,(H,14,16)(H,17,18). The van der Waals surface area contributed by atoms with Crippen LogP contribution in [0.1, 0.15) is 23.2 Å². The molecule has 0 aromatic heterocycles. The van der Waals surface area contributed by atoms with Crippen LogP contribution in [-0.2, 0) is 4.79 Å². The van der Waals surface area contributed by atoms with Crippen molar-refractivity contribution in [2.24, 2.45) is 0 Å². The molecule has 96 valence electrons. The molecule has 1 aliphatic rings. The Morgan fingerprint density at radius 2 is 2.17 bits per heavy atom. The Bertz CT molecular complexity index is 481. The zero-order valence-corrected chi connectivity index (χ0v) is 9.64. The number of nitrogens with one attached hydrogen (secondary N) is 2. The fourth-order valence-electron chi connectivity index (χ4n) is 1.92. The lowest BCUT2D eigenvalue weighted by Crippen LogP contribution is -2.35. The maximum Gasteiger partial charge on any atom is 0.339 e. The Hall–Kier alpha value is -2.08. The second-order valence-electron chi connectivity index (χ2n) is 4.18. The summed E-state index contributed by atoms with van der Waals surface area (Å²) in [6.07, 6.45) is 1.73. The van der Waals surface area contributed by atoms with Gasteiger partial charge >= 0.3 is 5.97 Å². The third-order valence-electron chi connectivity index (χ3n) is 2.87. The molecule has 0 spiro atoms. The van der Waals surface area contributed by atoms with Crippen molar-refractivity contribution in [3.05, 3.63) is 23.8 Å². The average molecular weight is 250 g/mol. The molecule has 1 unspecified atom stereocenters. The van der Waals surface area contributed by atoms with Gasteiger partial charge in [-0.05, 0) is 37.6 Å². The smallest absolute Gasteiger partial charge is 0.339 e. The Labute approximate surface area is 104 Å². The average Bonchev–Trinajstić information content (AvgIpc) is 2.85. The highest BCUT2D eigenvalue weighted by Crippen LogP contribution is 2.21. The van der Waals surface area contributed by atoms with Gasteiger partial charge in [0, 0.05) is 5.69 Å². The van der Waals surface area contributed by atoms with Gasteiger partial charge in [0.2, 0.25) is 5.91 Å². The highest BCUT2D eigenvalue weighted by molar-refractivity contribution is 5.97. The number of carbonyl (C=O) groups excluding carboxylic acids is 1. The Balaban J connectivity index is 2.11. The number of benzene rings is 1. The number of phenols is 1. The molecule has 18 heavy (non-hydrogen) atoms. The molecule has 0 bridgehead atoms. The molecule has 0 radical (unpaired) electrons. The Kier molecular flexibility index (Phi) is 3.47. The first kappa shape index (κ1) is 12.4. The number of carboxylic acids is 1. The van der Waals surface area contributed by atoms with E-state index in [1.165, 1.54) is 18.2 Å². The summed E-state index contributed by atoms with van der Waals surface area (Å²) in [5, 5.41) is 23.9. The van der Waals surface area contributed by atoms with Crippen LogP contribution in [0, 0.1) is 0 Å². The van der Waals surface area contributed by atoms with E-state index in [1.54, 1.807) is 0 Å². The molecule has 1 saturated heterocycles. The largest absolute Gasteiger partial charge is 0.507 e. The summed E-state index contributed by atoms with van der Waals surface area (Å²) in [6.45, 7) is 0.814. The number of hydrogen-bond acceptors (Lipinski definition) is 4. The zero-order chi connectivity index (χ0) is 13.1. The van der Waals surface area contributed by atoms with Gasteiger partial charge in [0.25, 0.3) is 0 Å². The molecule has 6 nitrogen and oxygen atoms in total. The lowest BCUT2D eigenvalue weighted by Gasteiger charge is -2.11. The summed E-state index contributed by atoms with van der Waals surface area (Å²) in [4.78, 5) is 22.6. The Morgan fingerprint density at radius 1 is 1.39 bits per heavy atom. The van der Waals surface area contributed by atoms with E-state index in [0.29, 0.717) is 5.69 Å². The van der Waals surface area contributed by atoms with Crippen molar-refractivity contribution in [3.63, 3.8) is 0 Å². The van der Waals surface area contributed by atoms with Crippen molar-refractivity contribution < 1.29 is 19.8 Å². The monoisotopic (exact) mass is 250 g/mol. The van der Waals surface area contributed by atoms with Crippen molar-refractivity contribution >= 4 is 17.6 Å². The third kappa shape index (κ3) is 2.60. The van der Waals surface area contributed by atoms with Gasteiger partial charge in [0.15, 0.2) is 0 Å². The van der Waals surface area contributed by atoms with Gasteiger partial charge in [-0.25, -0.2) is 4.79 Å². The van der Waals surface area contributed by atoms with Crippen LogP contribution in [0.2, 0.25) is 0 Å². The number of aromatic hydroxyl groups is 1. The van der Waals surface area contributed by atoms with Gasteiger partial charge in [0.1, 0.15) is 11.3 Å². The van der Waals surface area contributed by atoms with Crippen molar-refractivity contribution in [2.45, 2.75) is 18.9 Å². The SMILES string of the molecule is O=C(O)c1cc(NC(=O)C2CCCN2)ccc1O. The van der Waals surface area contributed by atoms with Crippen molar-refractivity contribution in [2.75, 3.05) is 11.9 Å². The van der Waals surface area contributed by atoms with E-state index in [0.717, 1.165) is 19.4 Å². The maximum atomic E-state index is 11.8. The number of carbonyl (C=O) groups is 2. The lowest BCUT2D eigenvalue weighted by molar-refractivity contribution is -0.117. The zero-order valence-electron chi connectivity index (χ0n) is 9.64. The van der Waals surface area contributed by atoms with Crippen LogP contribution in [0.5, 0.6) is 5.75 Å². The van der Waals surface area contributed by atoms with E-state index in [-0.39, 0.29) is 23.3 Å². The first-order valence-corrected chi connectivity index (χ1v) is 5.68. The third-order valence-corrected chi connectivity index (χ3v) is 2.87. The van der Waals surface area contributed by atoms with E-state index in [9.17, 15) is 14.7 Å². The van der Waals surface area contributed by atoms with Gasteiger partial charge in [-0.1, -0.05) is 0 Å². The van der Waals surface area contributed by atoms with Crippen molar-refractivity contribution in [3.8, 4) is 5.75 Å². The fraction of sp³-hybridized carbons (Fsp3) is 0.333.